The Morgan fingerprint density at radius 2 is 1.94 bits per heavy atom. The first kappa shape index (κ1) is 26.4. The number of fused-ring (bicyclic) bond motifs is 1. The monoisotopic (exact) mass is 462 g/mol. The van der Waals surface area contributed by atoms with E-state index in [0.717, 1.165) is 0 Å². The van der Waals surface area contributed by atoms with Crippen LogP contribution >= 0.6 is 0 Å². The summed E-state index contributed by atoms with van der Waals surface area (Å²) in [5.74, 6) is 0.00713. The van der Waals surface area contributed by atoms with Gasteiger partial charge in [0.2, 0.25) is 5.91 Å². The summed E-state index contributed by atoms with van der Waals surface area (Å²) in [6, 6.07) is 4.61. The van der Waals surface area contributed by atoms with Crippen molar-refractivity contribution in [2.75, 3.05) is 39.2 Å². The molecule has 2 rings (SSSR count). The van der Waals surface area contributed by atoms with E-state index in [1.54, 1.807) is 49.1 Å². The van der Waals surface area contributed by atoms with E-state index in [0.29, 0.717) is 36.5 Å². The zero-order valence-electron chi connectivity index (χ0n) is 20.8. The first-order valence-electron chi connectivity index (χ1n) is 11.5. The summed E-state index contributed by atoms with van der Waals surface area (Å²) >= 11 is 0. The third-order valence-corrected chi connectivity index (χ3v) is 5.72. The number of ether oxygens (including phenoxy) is 2. The van der Waals surface area contributed by atoms with Crippen molar-refractivity contribution in [2.24, 2.45) is 5.92 Å². The number of rotatable bonds is 4. The van der Waals surface area contributed by atoms with E-state index in [2.05, 4.69) is 10.6 Å². The van der Waals surface area contributed by atoms with Crippen LogP contribution in [0, 0.1) is 5.92 Å². The van der Waals surface area contributed by atoms with Crippen LogP contribution in [0.2, 0.25) is 0 Å². The van der Waals surface area contributed by atoms with E-state index in [1.807, 2.05) is 27.7 Å². The minimum absolute atomic E-state index is 0.00163. The fourth-order valence-electron chi connectivity index (χ4n) is 3.72. The zero-order valence-corrected chi connectivity index (χ0v) is 20.8. The van der Waals surface area contributed by atoms with Gasteiger partial charge in [-0.05, 0) is 39.0 Å². The van der Waals surface area contributed by atoms with E-state index < -0.39 is 0 Å². The van der Waals surface area contributed by atoms with E-state index in [-0.39, 0.29) is 48.6 Å². The minimum Gasteiger partial charge on any atom is -0.491 e. The molecule has 1 heterocycles. The number of hydrogen-bond acceptors (Lipinski definition) is 5. The van der Waals surface area contributed by atoms with Gasteiger partial charge in [-0.15, -0.1) is 0 Å². The molecular formula is C24H38N4O5. The summed E-state index contributed by atoms with van der Waals surface area (Å²) < 4.78 is 11.7. The highest BCUT2D eigenvalue weighted by molar-refractivity contribution is 5.99. The molecule has 1 aromatic rings. The number of anilines is 1. The molecule has 1 aromatic carbocycles. The van der Waals surface area contributed by atoms with Crippen LogP contribution in [-0.4, -0.2) is 79.7 Å². The maximum absolute atomic E-state index is 13.3. The molecule has 0 fully saturated rings. The van der Waals surface area contributed by atoms with Crippen molar-refractivity contribution in [1.29, 1.82) is 0 Å². The molecule has 1 aliphatic rings. The number of likely N-dealkylation sites (N-methyl/N-ethyl adjacent to an activating group) is 1. The number of carbonyl (C=O) groups excluding carboxylic acids is 3. The molecule has 0 aliphatic carbocycles. The Bertz CT molecular complexity index is 844. The van der Waals surface area contributed by atoms with E-state index >= 15 is 0 Å². The van der Waals surface area contributed by atoms with Gasteiger partial charge >= 0.3 is 6.03 Å². The van der Waals surface area contributed by atoms with Crippen LogP contribution in [0.3, 0.4) is 0 Å². The van der Waals surface area contributed by atoms with Crippen molar-refractivity contribution < 1.29 is 23.9 Å². The first-order chi connectivity index (χ1) is 15.6. The summed E-state index contributed by atoms with van der Waals surface area (Å²) in [5.41, 5.74) is 0.876. The van der Waals surface area contributed by atoms with Crippen LogP contribution in [0.4, 0.5) is 10.5 Å². The van der Waals surface area contributed by atoms with Crippen molar-refractivity contribution in [2.45, 2.75) is 59.2 Å². The van der Waals surface area contributed by atoms with Gasteiger partial charge in [-0.3, -0.25) is 9.59 Å². The topological polar surface area (TPSA) is 100 Å². The number of amides is 4. The second-order valence-corrected chi connectivity index (χ2v) is 8.97. The summed E-state index contributed by atoms with van der Waals surface area (Å²) in [5, 5.41) is 5.75. The largest absolute Gasteiger partial charge is 0.491 e. The average molecular weight is 463 g/mol. The van der Waals surface area contributed by atoms with Crippen LogP contribution in [0.15, 0.2) is 18.2 Å². The number of benzene rings is 1. The molecule has 33 heavy (non-hydrogen) atoms. The van der Waals surface area contributed by atoms with Crippen LogP contribution in [0.1, 0.15) is 51.4 Å². The SMILES string of the molecule is CCC(=O)Nc1ccc2c(c1)C(=O)N(C)C[C@H](OC)[C@H](C)CN(C(=O)NC(C)C)[C@H](C)CO2. The molecule has 0 radical (unpaired) electrons. The highest BCUT2D eigenvalue weighted by Crippen LogP contribution is 2.26. The van der Waals surface area contributed by atoms with Gasteiger partial charge in [0.25, 0.3) is 5.91 Å². The van der Waals surface area contributed by atoms with Crippen molar-refractivity contribution in [1.82, 2.24) is 15.1 Å². The summed E-state index contributed by atoms with van der Waals surface area (Å²) in [7, 11) is 3.32. The van der Waals surface area contributed by atoms with Gasteiger partial charge in [-0.1, -0.05) is 13.8 Å². The number of hydrogen-bond donors (Lipinski definition) is 2. The third-order valence-electron chi connectivity index (χ3n) is 5.72. The highest BCUT2D eigenvalue weighted by atomic mass is 16.5. The lowest BCUT2D eigenvalue weighted by molar-refractivity contribution is -0.115. The second kappa shape index (κ2) is 11.9. The Labute approximate surface area is 196 Å². The Morgan fingerprint density at radius 3 is 2.55 bits per heavy atom. The van der Waals surface area contributed by atoms with Gasteiger partial charge in [0.05, 0.1) is 17.7 Å². The van der Waals surface area contributed by atoms with Gasteiger partial charge < -0.3 is 29.9 Å². The maximum Gasteiger partial charge on any atom is 0.317 e. The van der Waals surface area contributed by atoms with Crippen LogP contribution in [0.5, 0.6) is 5.75 Å². The Morgan fingerprint density at radius 1 is 1.24 bits per heavy atom. The zero-order chi connectivity index (χ0) is 24.7. The maximum atomic E-state index is 13.3. The molecule has 1 aliphatic heterocycles. The lowest BCUT2D eigenvalue weighted by atomic mass is 10.0. The first-order valence-corrected chi connectivity index (χ1v) is 11.5. The highest BCUT2D eigenvalue weighted by Gasteiger charge is 2.30. The lowest BCUT2D eigenvalue weighted by Crippen LogP contribution is -2.52. The van der Waals surface area contributed by atoms with Crippen molar-refractivity contribution in [3.8, 4) is 5.75 Å². The Kier molecular flexibility index (Phi) is 9.52. The van der Waals surface area contributed by atoms with Gasteiger partial charge in [-0.25, -0.2) is 4.79 Å². The smallest absolute Gasteiger partial charge is 0.317 e. The lowest BCUT2D eigenvalue weighted by Gasteiger charge is -2.36. The molecule has 0 aromatic heterocycles. The van der Waals surface area contributed by atoms with Gasteiger partial charge in [-0.2, -0.15) is 0 Å². The number of methoxy groups -OCH3 is 1. The van der Waals surface area contributed by atoms with Gasteiger partial charge in [0.15, 0.2) is 0 Å². The Hall–Kier alpha value is -2.81. The molecular weight excluding hydrogens is 424 g/mol. The van der Waals surface area contributed by atoms with E-state index in [1.165, 1.54) is 0 Å². The number of nitrogens with one attached hydrogen (secondary N) is 2. The summed E-state index contributed by atoms with van der Waals surface area (Å²) in [4.78, 5) is 41.4. The van der Waals surface area contributed by atoms with E-state index in [9.17, 15) is 14.4 Å². The molecule has 0 spiro atoms. The normalized spacial score (nSPS) is 22.1. The molecule has 0 unspecified atom stereocenters. The molecule has 9 heteroatoms. The molecule has 4 amide bonds. The standard InChI is InChI=1S/C24H38N4O5/c1-8-22(29)26-18-9-10-20-19(11-18)23(30)27(6)13-21(32-7)16(4)12-28(17(5)14-33-20)24(31)25-15(2)3/h9-11,15-17,21H,8,12-14H2,1-7H3,(H,25,31)(H,26,29)/t16-,17-,21+/m1/s1. The molecule has 9 nitrogen and oxygen atoms in total. The second-order valence-electron chi connectivity index (χ2n) is 8.97. The van der Waals surface area contributed by atoms with Crippen LogP contribution < -0.4 is 15.4 Å². The van der Waals surface area contributed by atoms with Gasteiger partial charge in [0, 0.05) is 51.3 Å². The molecule has 184 valence electrons. The van der Waals surface area contributed by atoms with Crippen molar-refractivity contribution >= 4 is 23.5 Å². The fraction of sp³-hybridized carbons (Fsp3) is 0.625. The van der Waals surface area contributed by atoms with Crippen molar-refractivity contribution in [3.63, 3.8) is 0 Å². The summed E-state index contributed by atoms with van der Waals surface area (Å²) in [6.07, 6.45) is 0.0629. The van der Waals surface area contributed by atoms with Crippen LogP contribution in [-0.2, 0) is 9.53 Å². The van der Waals surface area contributed by atoms with E-state index in [4.69, 9.17) is 9.47 Å². The summed E-state index contributed by atoms with van der Waals surface area (Å²) in [6.45, 7) is 10.5. The molecule has 0 saturated heterocycles. The minimum atomic E-state index is -0.271. The average Bonchev–Trinajstić information content (AvgIpc) is 2.77. The molecule has 0 bridgehead atoms. The third kappa shape index (κ3) is 7.08. The van der Waals surface area contributed by atoms with Crippen LogP contribution in [0.25, 0.3) is 0 Å². The Balaban J connectivity index is 2.44. The quantitative estimate of drug-likeness (QED) is 0.717. The molecule has 0 saturated carbocycles. The predicted octanol–water partition coefficient (Wildman–Crippen LogP) is 2.96. The molecule has 2 N–H and O–H groups in total. The van der Waals surface area contributed by atoms with Crippen molar-refractivity contribution in [3.05, 3.63) is 23.8 Å². The number of urea groups is 1. The molecule has 3 atom stereocenters. The van der Waals surface area contributed by atoms with Gasteiger partial charge in [0.1, 0.15) is 12.4 Å². The number of carbonyl (C=O) groups is 3. The fourth-order valence-corrected chi connectivity index (χ4v) is 3.72. The number of nitrogens with zero attached hydrogens (tertiary/aromatic N) is 2. The predicted molar refractivity (Wildman–Crippen MR) is 128 cm³/mol.